The standard InChI is InChI=1S/C55H40N4O/c1-36(37-16-4-2-5-17-37)43-23-10-11-27-47(43)57-55(56)40-19-14-22-42(34-40)59-50-33-30-38-18-8-9-24-44(38)53(50)46-26-15-25-45(54(46)59)39-31-32-49-52(35-39)60-51-29-13-12-28-48(51)58(49)41-20-6-3-7-21-41/h2-36H,1H3,(H2,56,57). The van der Waals surface area contributed by atoms with Crippen LogP contribution in [-0.4, -0.2) is 10.4 Å². The molecule has 5 nitrogen and oxygen atoms in total. The third kappa shape index (κ3) is 5.90. The van der Waals surface area contributed by atoms with E-state index in [-0.39, 0.29) is 5.92 Å². The van der Waals surface area contributed by atoms with Crippen LogP contribution in [0.4, 0.5) is 22.7 Å². The molecule has 0 saturated carbocycles. The fourth-order valence-electron chi connectivity index (χ4n) is 8.99. The molecule has 10 aromatic rings. The van der Waals surface area contributed by atoms with E-state index in [0.717, 1.165) is 73.2 Å². The van der Waals surface area contributed by atoms with Crippen LogP contribution < -0.4 is 15.4 Å². The van der Waals surface area contributed by atoms with Gasteiger partial charge in [0.1, 0.15) is 5.84 Å². The molecule has 0 aliphatic carbocycles. The fraction of sp³-hybridized carbons (Fsp3) is 0.0364. The lowest BCUT2D eigenvalue weighted by molar-refractivity contribution is 0.477. The zero-order valence-electron chi connectivity index (χ0n) is 33.0. The largest absolute Gasteiger partial charge is 0.453 e. The summed E-state index contributed by atoms with van der Waals surface area (Å²) in [4.78, 5) is 7.36. The maximum atomic E-state index is 6.95. The van der Waals surface area contributed by atoms with E-state index in [1.807, 2.05) is 36.4 Å². The molecule has 0 spiro atoms. The number of benzene rings is 9. The van der Waals surface area contributed by atoms with Crippen molar-refractivity contribution in [3.05, 3.63) is 223 Å². The highest BCUT2D eigenvalue weighted by Crippen LogP contribution is 2.52. The number of ether oxygens (including phenoxy) is 1. The SMILES string of the molecule is CC(c1ccccc1)c1ccccc1N=C(N)c1cccc(-n2c3ccc4ccccc4c3c3cccc(-c4ccc5c(c4)Oc4ccccc4N5c4ccccc4)c32)c1. The number of rotatable bonds is 7. The molecule has 0 bridgehead atoms. The van der Waals surface area contributed by atoms with Crippen LogP contribution in [0.1, 0.15) is 29.5 Å². The van der Waals surface area contributed by atoms with Crippen molar-refractivity contribution in [1.82, 2.24) is 4.57 Å². The Bertz CT molecular complexity index is 3280. The van der Waals surface area contributed by atoms with E-state index in [9.17, 15) is 0 Å². The molecule has 11 rings (SSSR count). The van der Waals surface area contributed by atoms with Gasteiger partial charge in [-0.05, 0) is 88.1 Å². The summed E-state index contributed by atoms with van der Waals surface area (Å²) in [6.07, 6.45) is 0. The predicted octanol–water partition coefficient (Wildman–Crippen LogP) is 14.4. The summed E-state index contributed by atoms with van der Waals surface area (Å²) in [5.74, 6) is 2.23. The highest BCUT2D eigenvalue weighted by molar-refractivity contribution is 6.23. The zero-order valence-corrected chi connectivity index (χ0v) is 33.0. The van der Waals surface area contributed by atoms with Crippen molar-refractivity contribution in [2.24, 2.45) is 10.7 Å². The summed E-state index contributed by atoms with van der Waals surface area (Å²) in [6.45, 7) is 2.22. The van der Waals surface area contributed by atoms with Gasteiger partial charge in [-0.3, -0.25) is 0 Å². The second-order valence-electron chi connectivity index (χ2n) is 15.4. The smallest absolute Gasteiger partial charge is 0.152 e. The Morgan fingerprint density at radius 2 is 1.27 bits per heavy atom. The minimum absolute atomic E-state index is 0.154. The Morgan fingerprint density at radius 3 is 2.15 bits per heavy atom. The molecular weight excluding hydrogens is 733 g/mol. The lowest BCUT2D eigenvalue weighted by Gasteiger charge is -2.33. The van der Waals surface area contributed by atoms with Gasteiger partial charge in [-0.15, -0.1) is 0 Å². The van der Waals surface area contributed by atoms with Gasteiger partial charge in [0.15, 0.2) is 11.5 Å². The summed E-state index contributed by atoms with van der Waals surface area (Å²) in [5.41, 5.74) is 19.5. The molecule has 0 fully saturated rings. The first-order valence-electron chi connectivity index (χ1n) is 20.4. The molecular formula is C55H40N4O. The van der Waals surface area contributed by atoms with Gasteiger partial charge in [-0.25, -0.2) is 4.99 Å². The van der Waals surface area contributed by atoms with Crippen LogP contribution >= 0.6 is 0 Å². The molecule has 2 N–H and O–H groups in total. The van der Waals surface area contributed by atoms with Gasteiger partial charge in [0.25, 0.3) is 0 Å². The zero-order chi connectivity index (χ0) is 40.2. The molecule has 1 unspecified atom stereocenters. The summed E-state index contributed by atoms with van der Waals surface area (Å²) < 4.78 is 9.09. The maximum absolute atomic E-state index is 6.95. The van der Waals surface area contributed by atoms with Crippen molar-refractivity contribution >= 4 is 61.2 Å². The lowest BCUT2D eigenvalue weighted by Crippen LogP contribution is -2.15. The topological polar surface area (TPSA) is 55.8 Å². The van der Waals surface area contributed by atoms with Gasteiger partial charge in [-0.2, -0.15) is 0 Å². The molecule has 1 aliphatic heterocycles. The first-order valence-corrected chi connectivity index (χ1v) is 20.4. The number of para-hydroxylation sites is 5. The van der Waals surface area contributed by atoms with Crippen LogP contribution in [0.15, 0.2) is 211 Å². The van der Waals surface area contributed by atoms with Crippen LogP contribution in [0.2, 0.25) is 0 Å². The molecule has 1 aromatic heterocycles. The van der Waals surface area contributed by atoms with E-state index in [1.54, 1.807) is 0 Å². The number of fused-ring (bicyclic) bond motifs is 7. The quantitative estimate of drug-likeness (QED) is 0.130. The number of hydrogen-bond donors (Lipinski definition) is 1. The van der Waals surface area contributed by atoms with Crippen LogP contribution in [-0.2, 0) is 0 Å². The van der Waals surface area contributed by atoms with Gasteiger partial charge in [0.2, 0.25) is 0 Å². The molecule has 2 heterocycles. The molecule has 1 atom stereocenters. The molecule has 5 heteroatoms. The Labute approximate surface area is 348 Å². The van der Waals surface area contributed by atoms with Gasteiger partial charge in [0.05, 0.1) is 28.1 Å². The number of amidine groups is 1. The Kier molecular flexibility index (Phi) is 8.52. The summed E-state index contributed by atoms with van der Waals surface area (Å²) in [5, 5.41) is 4.79. The normalized spacial score (nSPS) is 12.9. The molecule has 286 valence electrons. The number of anilines is 3. The van der Waals surface area contributed by atoms with E-state index >= 15 is 0 Å². The predicted molar refractivity (Wildman–Crippen MR) is 249 cm³/mol. The monoisotopic (exact) mass is 772 g/mol. The van der Waals surface area contributed by atoms with E-state index in [1.165, 1.54) is 27.1 Å². The number of nitrogens with zero attached hydrogens (tertiary/aromatic N) is 3. The number of nitrogens with two attached hydrogens (primary N) is 1. The van der Waals surface area contributed by atoms with Crippen molar-refractivity contribution in [2.45, 2.75) is 12.8 Å². The van der Waals surface area contributed by atoms with Crippen molar-refractivity contribution in [1.29, 1.82) is 0 Å². The van der Waals surface area contributed by atoms with E-state index in [0.29, 0.717) is 5.84 Å². The van der Waals surface area contributed by atoms with Crippen LogP contribution in [0, 0.1) is 0 Å². The van der Waals surface area contributed by atoms with Crippen molar-refractivity contribution < 1.29 is 4.74 Å². The lowest BCUT2D eigenvalue weighted by atomic mass is 9.92. The minimum Gasteiger partial charge on any atom is -0.453 e. The molecule has 0 amide bonds. The van der Waals surface area contributed by atoms with E-state index in [4.69, 9.17) is 15.5 Å². The minimum atomic E-state index is 0.154. The van der Waals surface area contributed by atoms with E-state index in [2.05, 4.69) is 186 Å². The Hall–Kier alpha value is -7.89. The molecule has 9 aromatic carbocycles. The van der Waals surface area contributed by atoms with Crippen LogP contribution in [0.5, 0.6) is 11.5 Å². The maximum Gasteiger partial charge on any atom is 0.152 e. The van der Waals surface area contributed by atoms with Crippen molar-refractivity contribution in [3.8, 4) is 28.3 Å². The molecule has 0 saturated heterocycles. The molecule has 1 aliphatic rings. The highest BCUT2D eigenvalue weighted by Gasteiger charge is 2.27. The fourth-order valence-corrected chi connectivity index (χ4v) is 8.99. The van der Waals surface area contributed by atoms with Crippen molar-refractivity contribution in [3.63, 3.8) is 0 Å². The van der Waals surface area contributed by atoms with Crippen molar-refractivity contribution in [2.75, 3.05) is 4.90 Å². The highest BCUT2D eigenvalue weighted by atomic mass is 16.5. The van der Waals surface area contributed by atoms with Crippen LogP contribution in [0.3, 0.4) is 0 Å². The molecule has 0 radical (unpaired) electrons. The summed E-state index contributed by atoms with van der Waals surface area (Å²) >= 11 is 0. The second-order valence-corrected chi connectivity index (χ2v) is 15.4. The summed E-state index contributed by atoms with van der Waals surface area (Å²) in [6, 6.07) is 72.3. The number of hydrogen-bond acceptors (Lipinski definition) is 3. The third-order valence-corrected chi connectivity index (χ3v) is 11.9. The number of aliphatic imine (C=N–C) groups is 1. The first kappa shape index (κ1) is 35.3. The second kappa shape index (κ2) is 14.5. The Morgan fingerprint density at radius 1 is 0.567 bits per heavy atom. The average molecular weight is 773 g/mol. The first-order chi connectivity index (χ1) is 29.6. The Balaban J connectivity index is 1.09. The van der Waals surface area contributed by atoms with Crippen LogP contribution in [0.25, 0.3) is 49.4 Å². The van der Waals surface area contributed by atoms with E-state index < -0.39 is 0 Å². The molecule has 60 heavy (non-hydrogen) atoms. The third-order valence-electron chi connectivity index (χ3n) is 11.9. The van der Waals surface area contributed by atoms with Gasteiger partial charge >= 0.3 is 0 Å². The van der Waals surface area contributed by atoms with Gasteiger partial charge < -0.3 is 19.9 Å². The average Bonchev–Trinajstić information content (AvgIpc) is 3.66. The van der Waals surface area contributed by atoms with Gasteiger partial charge in [-0.1, -0.05) is 153 Å². The van der Waals surface area contributed by atoms with Gasteiger partial charge in [0, 0.05) is 39.2 Å². The summed E-state index contributed by atoms with van der Waals surface area (Å²) in [7, 11) is 0. The number of aromatic nitrogens is 1.